The van der Waals surface area contributed by atoms with Gasteiger partial charge in [0.15, 0.2) is 17.5 Å². The number of halogens is 3. The second-order valence-corrected chi connectivity index (χ2v) is 4.44. The molecule has 1 unspecified atom stereocenters. The van der Waals surface area contributed by atoms with E-state index in [9.17, 15) is 13.2 Å². The summed E-state index contributed by atoms with van der Waals surface area (Å²) in [6.07, 6.45) is 2.58. The van der Waals surface area contributed by atoms with Crippen LogP contribution in [0.25, 0.3) is 0 Å². The monoisotopic (exact) mass is 260 g/mol. The van der Waals surface area contributed by atoms with Gasteiger partial charge in [-0.05, 0) is 30.0 Å². The zero-order valence-electron chi connectivity index (χ0n) is 10.6. The Morgan fingerprint density at radius 2 is 1.61 bits per heavy atom. The minimum absolute atomic E-state index is 0.334. The molecule has 3 N–H and O–H groups in total. The molecule has 0 amide bonds. The third-order valence-electron chi connectivity index (χ3n) is 3.33. The Bertz CT molecular complexity index is 369. The number of rotatable bonds is 6. The van der Waals surface area contributed by atoms with E-state index in [0.717, 1.165) is 25.0 Å². The fourth-order valence-electron chi connectivity index (χ4n) is 2.03. The van der Waals surface area contributed by atoms with Crippen molar-refractivity contribution in [3.05, 3.63) is 35.1 Å². The topological polar surface area (TPSA) is 38.0 Å². The van der Waals surface area contributed by atoms with E-state index < -0.39 is 17.5 Å². The summed E-state index contributed by atoms with van der Waals surface area (Å²) in [7, 11) is 0. The summed E-state index contributed by atoms with van der Waals surface area (Å²) in [5.41, 5.74) is 2.87. The van der Waals surface area contributed by atoms with Crippen LogP contribution in [0.3, 0.4) is 0 Å². The lowest BCUT2D eigenvalue weighted by molar-refractivity contribution is 0.370. The molecule has 1 aromatic carbocycles. The summed E-state index contributed by atoms with van der Waals surface area (Å²) in [6.45, 7) is 4.10. The van der Waals surface area contributed by atoms with Crippen LogP contribution in [-0.4, -0.2) is 0 Å². The smallest absolute Gasteiger partial charge is 0.194 e. The largest absolute Gasteiger partial charge is 0.271 e. The van der Waals surface area contributed by atoms with E-state index in [0.29, 0.717) is 17.9 Å². The molecule has 18 heavy (non-hydrogen) atoms. The van der Waals surface area contributed by atoms with Crippen molar-refractivity contribution in [2.45, 2.75) is 39.2 Å². The molecule has 5 heteroatoms. The van der Waals surface area contributed by atoms with Gasteiger partial charge in [0.05, 0.1) is 0 Å². The molecule has 1 aromatic rings. The van der Waals surface area contributed by atoms with E-state index in [4.69, 9.17) is 5.84 Å². The fraction of sp³-hybridized carbons (Fsp3) is 0.538. The molecule has 0 aromatic heterocycles. The molecule has 2 nitrogen and oxygen atoms in total. The van der Waals surface area contributed by atoms with Gasteiger partial charge in [0.1, 0.15) is 0 Å². The van der Waals surface area contributed by atoms with Gasteiger partial charge in [0.25, 0.3) is 0 Å². The maximum Gasteiger partial charge on any atom is 0.194 e. The van der Waals surface area contributed by atoms with Crippen molar-refractivity contribution in [2.75, 3.05) is 0 Å². The highest BCUT2D eigenvalue weighted by atomic mass is 19.2. The van der Waals surface area contributed by atoms with Gasteiger partial charge < -0.3 is 0 Å². The predicted octanol–water partition coefficient (Wildman–Crippen LogP) is 3.43. The van der Waals surface area contributed by atoms with Crippen molar-refractivity contribution in [3.63, 3.8) is 0 Å². The van der Waals surface area contributed by atoms with Gasteiger partial charge in [-0.2, -0.15) is 0 Å². The number of nitrogens with two attached hydrogens (primary N) is 1. The molecular formula is C13H19F3N2. The van der Waals surface area contributed by atoms with Crippen molar-refractivity contribution in [2.24, 2.45) is 11.8 Å². The number of nitrogens with one attached hydrogen (secondary N) is 1. The first-order valence-electron chi connectivity index (χ1n) is 6.13. The molecule has 1 atom stereocenters. The summed E-state index contributed by atoms with van der Waals surface area (Å²) < 4.78 is 39.2. The minimum atomic E-state index is -1.45. The third-order valence-corrected chi connectivity index (χ3v) is 3.33. The molecule has 0 aliphatic heterocycles. The first-order valence-corrected chi connectivity index (χ1v) is 6.13. The summed E-state index contributed by atoms with van der Waals surface area (Å²) in [5, 5.41) is 0. The van der Waals surface area contributed by atoms with Crippen molar-refractivity contribution in [3.8, 4) is 0 Å². The van der Waals surface area contributed by atoms with E-state index in [1.165, 1.54) is 0 Å². The SMILES string of the molecule is CCC(CC)CC(NN)c1cc(F)c(F)c(F)c1. The van der Waals surface area contributed by atoms with Crippen LogP contribution in [0.5, 0.6) is 0 Å². The molecule has 0 aliphatic rings. The fourth-order valence-corrected chi connectivity index (χ4v) is 2.03. The molecular weight excluding hydrogens is 241 g/mol. The Hall–Kier alpha value is -1.07. The van der Waals surface area contributed by atoms with E-state index in [1.807, 2.05) is 13.8 Å². The second-order valence-electron chi connectivity index (χ2n) is 4.44. The molecule has 0 heterocycles. The Kier molecular flexibility index (Phi) is 5.62. The first kappa shape index (κ1) is 15.0. The van der Waals surface area contributed by atoms with Gasteiger partial charge in [-0.1, -0.05) is 26.7 Å². The molecule has 0 bridgehead atoms. The van der Waals surface area contributed by atoms with Gasteiger partial charge in [0.2, 0.25) is 0 Å². The lowest BCUT2D eigenvalue weighted by atomic mass is 9.91. The highest BCUT2D eigenvalue weighted by molar-refractivity contribution is 5.22. The molecule has 0 spiro atoms. The summed E-state index contributed by atoms with van der Waals surface area (Å²) >= 11 is 0. The maximum absolute atomic E-state index is 13.2. The van der Waals surface area contributed by atoms with Crippen molar-refractivity contribution in [1.82, 2.24) is 5.43 Å². The normalized spacial score (nSPS) is 13.1. The van der Waals surface area contributed by atoms with Gasteiger partial charge in [-0.15, -0.1) is 0 Å². The van der Waals surface area contributed by atoms with Crippen LogP contribution in [0.1, 0.15) is 44.7 Å². The van der Waals surface area contributed by atoms with Gasteiger partial charge in [-0.25, -0.2) is 13.2 Å². The Morgan fingerprint density at radius 3 is 2.00 bits per heavy atom. The summed E-state index contributed by atoms with van der Waals surface area (Å²) in [6, 6.07) is 1.61. The average Bonchev–Trinajstić information content (AvgIpc) is 2.37. The van der Waals surface area contributed by atoms with Gasteiger partial charge >= 0.3 is 0 Å². The molecule has 0 aliphatic carbocycles. The Labute approximate surface area is 105 Å². The highest BCUT2D eigenvalue weighted by Gasteiger charge is 2.19. The second kappa shape index (κ2) is 6.75. The molecule has 0 saturated carbocycles. The quantitative estimate of drug-likeness (QED) is 0.467. The first-order chi connectivity index (χ1) is 8.53. The number of hydrogen-bond acceptors (Lipinski definition) is 2. The van der Waals surface area contributed by atoms with Crippen LogP contribution in [0.4, 0.5) is 13.2 Å². The number of hydrogen-bond donors (Lipinski definition) is 2. The molecule has 102 valence electrons. The lowest BCUT2D eigenvalue weighted by Crippen LogP contribution is -2.30. The minimum Gasteiger partial charge on any atom is -0.271 e. The van der Waals surface area contributed by atoms with E-state index in [1.54, 1.807) is 0 Å². The van der Waals surface area contributed by atoms with E-state index in [2.05, 4.69) is 5.43 Å². The van der Waals surface area contributed by atoms with Crippen LogP contribution < -0.4 is 11.3 Å². The summed E-state index contributed by atoms with van der Waals surface area (Å²) in [4.78, 5) is 0. The van der Waals surface area contributed by atoms with Crippen LogP contribution in [-0.2, 0) is 0 Å². The standard InChI is InChI=1S/C13H19F3N2/c1-3-8(4-2)5-12(18-17)9-6-10(14)13(16)11(15)7-9/h6-8,12,18H,3-5,17H2,1-2H3. The maximum atomic E-state index is 13.2. The van der Waals surface area contributed by atoms with Crippen LogP contribution >= 0.6 is 0 Å². The molecule has 0 fully saturated rings. The molecule has 0 saturated heterocycles. The Morgan fingerprint density at radius 1 is 1.11 bits per heavy atom. The number of hydrazine groups is 1. The average molecular weight is 260 g/mol. The number of benzene rings is 1. The molecule has 0 radical (unpaired) electrons. The Balaban J connectivity index is 2.95. The zero-order chi connectivity index (χ0) is 13.7. The third kappa shape index (κ3) is 3.46. The van der Waals surface area contributed by atoms with Crippen molar-refractivity contribution < 1.29 is 13.2 Å². The van der Waals surface area contributed by atoms with Crippen LogP contribution in [0.2, 0.25) is 0 Å². The van der Waals surface area contributed by atoms with Gasteiger partial charge in [-0.3, -0.25) is 11.3 Å². The van der Waals surface area contributed by atoms with Crippen LogP contribution in [0, 0.1) is 23.4 Å². The van der Waals surface area contributed by atoms with Crippen LogP contribution in [0.15, 0.2) is 12.1 Å². The predicted molar refractivity (Wildman–Crippen MR) is 65.1 cm³/mol. The lowest BCUT2D eigenvalue weighted by Gasteiger charge is -2.21. The summed E-state index contributed by atoms with van der Waals surface area (Å²) in [5.74, 6) is 2.00. The van der Waals surface area contributed by atoms with Crippen molar-refractivity contribution >= 4 is 0 Å². The zero-order valence-corrected chi connectivity index (χ0v) is 10.6. The van der Waals surface area contributed by atoms with E-state index in [-0.39, 0.29) is 6.04 Å². The van der Waals surface area contributed by atoms with Gasteiger partial charge in [0, 0.05) is 6.04 Å². The van der Waals surface area contributed by atoms with E-state index >= 15 is 0 Å². The highest BCUT2D eigenvalue weighted by Crippen LogP contribution is 2.26. The molecule has 1 rings (SSSR count). The van der Waals surface area contributed by atoms with Crippen molar-refractivity contribution in [1.29, 1.82) is 0 Å².